The Morgan fingerprint density at radius 1 is 1.17 bits per heavy atom. The average Bonchev–Trinajstić information content (AvgIpc) is 3.34. The van der Waals surface area contributed by atoms with Crippen LogP contribution in [0.25, 0.3) is 26.1 Å². The molecule has 0 bridgehead atoms. The number of nitrogens with one attached hydrogen (secondary N) is 1. The minimum Gasteiger partial charge on any atom is -0.393 e. The van der Waals surface area contributed by atoms with Crippen LogP contribution in [0.2, 0.25) is 0 Å². The van der Waals surface area contributed by atoms with E-state index in [0.717, 1.165) is 41.2 Å². The maximum atomic E-state index is 12.9. The molecule has 0 unspecified atom stereocenters. The Kier molecular flexibility index (Phi) is 3.64. The number of nitrogens with two attached hydrogens (primary N) is 1. The molecule has 2 aliphatic heterocycles. The lowest BCUT2D eigenvalue weighted by Crippen LogP contribution is -2.38. The molecule has 3 N–H and O–H groups in total. The van der Waals surface area contributed by atoms with Crippen molar-refractivity contribution in [2.24, 2.45) is 5.41 Å². The van der Waals surface area contributed by atoms with Crippen LogP contribution >= 0.6 is 11.3 Å². The van der Waals surface area contributed by atoms with Crippen LogP contribution in [-0.2, 0) is 0 Å². The zero-order valence-corrected chi connectivity index (χ0v) is 16.8. The zero-order chi connectivity index (χ0) is 19.6. The summed E-state index contributed by atoms with van der Waals surface area (Å²) in [5.41, 5.74) is 8.32. The molecule has 7 nitrogen and oxygen atoms in total. The van der Waals surface area contributed by atoms with E-state index in [1.165, 1.54) is 30.6 Å². The summed E-state index contributed by atoms with van der Waals surface area (Å²) in [5, 5.41) is 3.94. The molecule has 5 heterocycles. The highest BCUT2D eigenvalue weighted by Gasteiger charge is 2.39. The van der Waals surface area contributed by atoms with E-state index in [0.29, 0.717) is 22.4 Å². The summed E-state index contributed by atoms with van der Waals surface area (Å²) < 4.78 is 3.11. The molecule has 148 valence electrons. The van der Waals surface area contributed by atoms with E-state index in [1.807, 2.05) is 28.7 Å². The number of nitrogens with zero attached hydrogens (tertiary/aromatic N) is 4. The van der Waals surface area contributed by atoms with E-state index < -0.39 is 0 Å². The fourth-order valence-electron chi connectivity index (χ4n) is 4.93. The van der Waals surface area contributed by atoms with Crippen LogP contribution in [0.4, 0.5) is 11.6 Å². The van der Waals surface area contributed by atoms with Crippen molar-refractivity contribution >= 4 is 49.1 Å². The third kappa shape index (κ3) is 2.49. The molecule has 29 heavy (non-hydrogen) atoms. The van der Waals surface area contributed by atoms with Crippen molar-refractivity contribution in [2.75, 3.05) is 36.8 Å². The highest BCUT2D eigenvalue weighted by molar-refractivity contribution is 7.24. The first-order valence-corrected chi connectivity index (χ1v) is 10.9. The summed E-state index contributed by atoms with van der Waals surface area (Å²) in [6.07, 6.45) is 5.23. The Labute approximate surface area is 171 Å². The summed E-state index contributed by atoms with van der Waals surface area (Å²) in [6.45, 7) is 4.12. The first-order chi connectivity index (χ1) is 14.2. The predicted octanol–water partition coefficient (Wildman–Crippen LogP) is 2.62. The van der Waals surface area contributed by atoms with Crippen molar-refractivity contribution in [3.05, 3.63) is 40.7 Å². The standard InChI is InChI=1S/C21H22N6OS/c22-16-17(28)13-11-24-20(26-10-7-21(12-26)5-8-23-9-6-21)25-18(13)27-14-3-1-2-4-15(14)29-19(16)27/h1-4,11,23H,5-10,12,22H2. The number of rotatable bonds is 1. The molecule has 0 aliphatic carbocycles. The molecule has 8 heteroatoms. The maximum Gasteiger partial charge on any atom is 0.227 e. The van der Waals surface area contributed by atoms with Gasteiger partial charge < -0.3 is 16.0 Å². The Hall–Kier alpha value is -2.71. The van der Waals surface area contributed by atoms with Gasteiger partial charge in [-0.3, -0.25) is 9.20 Å². The van der Waals surface area contributed by atoms with Crippen molar-refractivity contribution in [1.29, 1.82) is 0 Å². The van der Waals surface area contributed by atoms with Crippen molar-refractivity contribution in [1.82, 2.24) is 19.7 Å². The molecule has 2 fully saturated rings. The van der Waals surface area contributed by atoms with Crippen LogP contribution in [0.3, 0.4) is 0 Å². The molecule has 3 aromatic heterocycles. The second-order valence-electron chi connectivity index (χ2n) is 8.28. The number of nitrogen functional groups attached to an aromatic ring is 1. The van der Waals surface area contributed by atoms with Gasteiger partial charge in [-0.15, -0.1) is 11.3 Å². The van der Waals surface area contributed by atoms with Gasteiger partial charge in [-0.05, 0) is 49.9 Å². The highest BCUT2D eigenvalue weighted by Crippen LogP contribution is 2.40. The van der Waals surface area contributed by atoms with E-state index in [-0.39, 0.29) is 11.1 Å². The minimum absolute atomic E-state index is 0.186. The monoisotopic (exact) mass is 406 g/mol. The molecular formula is C21H22N6OS. The molecule has 1 spiro atoms. The molecular weight excluding hydrogens is 384 g/mol. The van der Waals surface area contributed by atoms with Gasteiger partial charge in [0, 0.05) is 19.3 Å². The van der Waals surface area contributed by atoms with E-state index in [2.05, 4.69) is 15.2 Å². The maximum absolute atomic E-state index is 12.9. The number of fused-ring (bicyclic) bond motifs is 5. The Balaban J connectivity index is 1.55. The molecule has 6 rings (SSSR count). The zero-order valence-electron chi connectivity index (χ0n) is 16.0. The van der Waals surface area contributed by atoms with Gasteiger partial charge in [-0.1, -0.05) is 12.1 Å². The summed E-state index contributed by atoms with van der Waals surface area (Å²) in [7, 11) is 0. The van der Waals surface area contributed by atoms with Crippen LogP contribution in [0.15, 0.2) is 35.3 Å². The lowest BCUT2D eigenvalue weighted by Gasteiger charge is -2.33. The van der Waals surface area contributed by atoms with E-state index in [9.17, 15) is 4.79 Å². The van der Waals surface area contributed by atoms with Crippen LogP contribution in [0.1, 0.15) is 19.3 Å². The lowest BCUT2D eigenvalue weighted by atomic mass is 9.78. The summed E-state index contributed by atoms with van der Waals surface area (Å²) in [4.78, 5) is 25.4. The van der Waals surface area contributed by atoms with Crippen molar-refractivity contribution in [3.8, 4) is 0 Å². The van der Waals surface area contributed by atoms with Gasteiger partial charge in [-0.25, -0.2) is 4.98 Å². The molecule has 0 atom stereocenters. The summed E-state index contributed by atoms with van der Waals surface area (Å²) in [6, 6.07) is 8.09. The topological polar surface area (TPSA) is 88.5 Å². The normalized spacial score (nSPS) is 19.1. The lowest BCUT2D eigenvalue weighted by molar-refractivity contribution is 0.232. The number of hydrogen-bond donors (Lipinski definition) is 2. The number of pyridine rings is 1. The van der Waals surface area contributed by atoms with E-state index in [4.69, 9.17) is 10.7 Å². The Morgan fingerprint density at radius 3 is 2.86 bits per heavy atom. The van der Waals surface area contributed by atoms with Gasteiger partial charge in [-0.2, -0.15) is 4.98 Å². The SMILES string of the molecule is Nc1c(=O)c2cnc(N3CCC4(CCNCC4)C3)nc2n2c1sc1ccccc12. The number of para-hydroxylation sites is 1. The van der Waals surface area contributed by atoms with Gasteiger partial charge in [0.2, 0.25) is 11.4 Å². The van der Waals surface area contributed by atoms with E-state index in [1.54, 1.807) is 6.20 Å². The van der Waals surface area contributed by atoms with Crippen molar-refractivity contribution in [2.45, 2.75) is 19.3 Å². The number of thiazole rings is 1. The van der Waals surface area contributed by atoms with E-state index >= 15 is 0 Å². The quantitative estimate of drug-likeness (QED) is 0.505. The first kappa shape index (κ1) is 17.2. The Bertz CT molecular complexity index is 1320. The average molecular weight is 407 g/mol. The number of hydrogen-bond acceptors (Lipinski definition) is 7. The van der Waals surface area contributed by atoms with Crippen molar-refractivity contribution < 1.29 is 0 Å². The largest absolute Gasteiger partial charge is 0.393 e. The Morgan fingerprint density at radius 2 is 2.00 bits per heavy atom. The summed E-state index contributed by atoms with van der Waals surface area (Å²) >= 11 is 1.53. The number of anilines is 2. The molecule has 0 amide bonds. The van der Waals surface area contributed by atoms with Crippen LogP contribution in [0.5, 0.6) is 0 Å². The molecule has 2 aliphatic rings. The second kappa shape index (κ2) is 6.14. The number of aromatic nitrogens is 3. The van der Waals surface area contributed by atoms with Crippen molar-refractivity contribution in [3.63, 3.8) is 0 Å². The molecule has 0 saturated carbocycles. The molecule has 4 aromatic rings. The van der Waals surface area contributed by atoms with Gasteiger partial charge >= 0.3 is 0 Å². The fraction of sp³-hybridized carbons (Fsp3) is 0.381. The highest BCUT2D eigenvalue weighted by atomic mass is 32.1. The van der Waals surface area contributed by atoms with Crippen LogP contribution < -0.4 is 21.4 Å². The summed E-state index contributed by atoms with van der Waals surface area (Å²) in [5.74, 6) is 0.709. The second-order valence-corrected chi connectivity index (χ2v) is 9.31. The van der Waals surface area contributed by atoms with Gasteiger partial charge in [0.05, 0.1) is 15.6 Å². The third-order valence-electron chi connectivity index (χ3n) is 6.59. The van der Waals surface area contributed by atoms with Gasteiger partial charge in [0.15, 0.2) is 5.65 Å². The third-order valence-corrected chi connectivity index (χ3v) is 7.75. The fourth-order valence-corrected chi connectivity index (χ4v) is 6.03. The van der Waals surface area contributed by atoms with Crippen LogP contribution in [0, 0.1) is 5.41 Å². The first-order valence-electron chi connectivity index (χ1n) is 10.1. The van der Waals surface area contributed by atoms with Crippen LogP contribution in [-0.4, -0.2) is 40.5 Å². The van der Waals surface area contributed by atoms with Gasteiger partial charge in [0.1, 0.15) is 10.5 Å². The number of benzene rings is 1. The molecule has 1 aromatic carbocycles. The number of piperidine rings is 1. The minimum atomic E-state index is -0.186. The molecule has 0 radical (unpaired) electrons. The smallest absolute Gasteiger partial charge is 0.227 e. The molecule has 2 saturated heterocycles. The predicted molar refractivity (Wildman–Crippen MR) is 118 cm³/mol. The van der Waals surface area contributed by atoms with Gasteiger partial charge in [0.25, 0.3) is 0 Å².